The maximum absolute atomic E-state index is 12.7. The molecule has 1 fully saturated rings. The molecule has 34 heavy (non-hydrogen) atoms. The van der Waals surface area contributed by atoms with E-state index in [9.17, 15) is 22.8 Å². The first-order valence-corrected chi connectivity index (χ1v) is 12.4. The minimum absolute atomic E-state index is 0.0600. The number of H-pyrrole nitrogens is 1. The molecule has 1 aliphatic heterocycles. The van der Waals surface area contributed by atoms with Crippen LogP contribution in [-0.2, 0) is 24.3 Å². The van der Waals surface area contributed by atoms with Gasteiger partial charge in [0.15, 0.2) is 6.10 Å². The second-order valence-electron chi connectivity index (χ2n) is 8.14. The number of rotatable bonds is 7. The molecule has 1 amide bonds. The summed E-state index contributed by atoms with van der Waals surface area (Å²) in [5.41, 5.74) is 1.49. The average Bonchev–Trinajstić information content (AvgIpc) is 3.13. The van der Waals surface area contributed by atoms with Crippen molar-refractivity contribution in [3.63, 3.8) is 0 Å². The zero-order chi connectivity index (χ0) is 25.0. The normalized spacial score (nSPS) is 15.4. The summed E-state index contributed by atoms with van der Waals surface area (Å²) in [6, 6.07) is 5.86. The zero-order valence-corrected chi connectivity index (χ0v) is 20.5. The largest absolute Gasteiger partial charge is 0.465 e. The number of hydrogen-bond acceptors (Lipinski definition) is 7. The van der Waals surface area contributed by atoms with Crippen molar-refractivity contribution in [1.29, 1.82) is 0 Å². The van der Waals surface area contributed by atoms with E-state index >= 15 is 0 Å². The molecule has 184 valence electrons. The Kier molecular flexibility index (Phi) is 7.78. The summed E-state index contributed by atoms with van der Waals surface area (Å²) in [7, 11) is -2.32. The molecule has 0 spiro atoms. The van der Waals surface area contributed by atoms with Crippen LogP contribution in [0.5, 0.6) is 0 Å². The maximum Gasteiger partial charge on any atom is 0.355 e. The highest BCUT2D eigenvalue weighted by Gasteiger charge is 2.27. The van der Waals surface area contributed by atoms with Crippen LogP contribution in [0.25, 0.3) is 0 Å². The molecule has 3 rings (SSSR count). The molecule has 1 aromatic carbocycles. The smallest absolute Gasteiger partial charge is 0.355 e. The van der Waals surface area contributed by atoms with Crippen molar-refractivity contribution in [1.82, 2.24) is 9.29 Å². The molecule has 10 nitrogen and oxygen atoms in total. The van der Waals surface area contributed by atoms with E-state index in [1.807, 2.05) is 0 Å². The summed E-state index contributed by atoms with van der Waals surface area (Å²) in [6.45, 7) is 5.63. The van der Waals surface area contributed by atoms with Gasteiger partial charge in [-0.2, -0.15) is 4.31 Å². The van der Waals surface area contributed by atoms with Gasteiger partial charge in [0.05, 0.1) is 17.6 Å². The first-order valence-electron chi connectivity index (χ1n) is 11.0. The number of ether oxygens (including phenoxy) is 2. The Bertz CT molecular complexity index is 1180. The van der Waals surface area contributed by atoms with Crippen LogP contribution >= 0.6 is 0 Å². The second-order valence-corrected chi connectivity index (χ2v) is 10.1. The molecule has 0 radical (unpaired) electrons. The van der Waals surface area contributed by atoms with Gasteiger partial charge in [0.2, 0.25) is 10.0 Å². The molecule has 1 atom stereocenters. The summed E-state index contributed by atoms with van der Waals surface area (Å²) < 4.78 is 36.9. The number of hydrogen-bond donors (Lipinski definition) is 2. The molecule has 0 unspecified atom stereocenters. The Labute approximate surface area is 198 Å². The molecule has 0 saturated carbocycles. The van der Waals surface area contributed by atoms with Gasteiger partial charge >= 0.3 is 11.9 Å². The molecule has 2 aromatic rings. The van der Waals surface area contributed by atoms with Crippen LogP contribution in [0.15, 0.2) is 29.2 Å². The lowest BCUT2D eigenvalue weighted by Crippen LogP contribution is -2.35. The standard InChI is InChI=1S/C23H29N3O7S/c1-14-19(22(28)32-4)15(2)24-20(14)23(29)33-16(3)21(27)25-17-8-10-18(11-9-17)34(30,31)26-12-6-5-7-13-26/h8-11,16,24H,5-7,12-13H2,1-4H3,(H,25,27)/t16-/m1/s1. The van der Waals surface area contributed by atoms with Crippen LogP contribution < -0.4 is 5.32 Å². The minimum atomic E-state index is -3.57. The van der Waals surface area contributed by atoms with E-state index in [2.05, 4.69) is 10.3 Å². The summed E-state index contributed by atoms with van der Waals surface area (Å²) in [5.74, 6) is -1.96. The van der Waals surface area contributed by atoms with Crippen LogP contribution in [0, 0.1) is 13.8 Å². The lowest BCUT2D eigenvalue weighted by molar-refractivity contribution is -0.123. The van der Waals surface area contributed by atoms with Crippen LogP contribution in [0.3, 0.4) is 0 Å². The molecular weight excluding hydrogens is 462 g/mol. The predicted octanol–water partition coefficient (Wildman–Crippen LogP) is 2.78. The number of carbonyl (C=O) groups is 3. The van der Waals surface area contributed by atoms with Crippen molar-refractivity contribution in [2.45, 2.75) is 51.0 Å². The number of aromatic amines is 1. The quantitative estimate of drug-likeness (QED) is 0.569. The number of nitrogens with zero attached hydrogens (tertiary/aromatic N) is 1. The number of methoxy groups -OCH3 is 1. The van der Waals surface area contributed by atoms with E-state index in [-0.39, 0.29) is 16.2 Å². The fraction of sp³-hybridized carbons (Fsp3) is 0.435. The van der Waals surface area contributed by atoms with Gasteiger partial charge in [0.1, 0.15) is 5.69 Å². The SMILES string of the molecule is COC(=O)c1c(C)[nH]c(C(=O)O[C@H](C)C(=O)Nc2ccc(S(=O)(=O)N3CCCCC3)cc2)c1C. The molecule has 1 aromatic heterocycles. The van der Waals surface area contributed by atoms with E-state index in [0.717, 1.165) is 19.3 Å². The molecule has 2 heterocycles. The van der Waals surface area contributed by atoms with Gasteiger partial charge in [-0.3, -0.25) is 4.79 Å². The van der Waals surface area contributed by atoms with Crippen LogP contribution in [0.1, 0.15) is 58.3 Å². The van der Waals surface area contributed by atoms with Crippen molar-refractivity contribution >= 4 is 33.6 Å². The van der Waals surface area contributed by atoms with Gasteiger partial charge in [-0.15, -0.1) is 0 Å². The number of sulfonamides is 1. The van der Waals surface area contributed by atoms with Gasteiger partial charge in [-0.05, 0) is 63.4 Å². The van der Waals surface area contributed by atoms with E-state index in [4.69, 9.17) is 9.47 Å². The topological polar surface area (TPSA) is 135 Å². The Morgan fingerprint density at radius 1 is 1.03 bits per heavy atom. The van der Waals surface area contributed by atoms with Gasteiger partial charge in [0.25, 0.3) is 5.91 Å². The zero-order valence-electron chi connectivity index (χ0n) is 19.6. The summed E-state index contributed by atoms with van der Waals surface area (Å²) in [4.78, 5) is 39.9. The lowest BCUT2D eigenvalue weighted by Gasteiger charge is -2.25. The van der Waals surface area contributed by atoms with Gasteiger partial charge in [0, 0.05) is 24.5 Å². The van der Waals surface area contributed by atoms with Crippen LogP contribution in [0.2, 0.25) is 0 Å². The second kappa shape index (κ2) is 10.4. The average molecular weight is 492 g/mol. The molecule has 2 N–H and O–H groups in total. The first kappa shape index (κ1) is 25.4. The van der Waals surface area contributed by atoms with Gasteiger partial charge in [-0.25, -0.2) is 18.0 Å². The molecule has 1 saturated heterocycles. The number of aromatic nitrogens is 1. The first-order chi connectivity index (χ1) is 16.1. The Hall–Kier alpha value is -3.18. The van der Waals surface area contributed by atoms with Crippen molar-refractivity contribution in [2.24, 2.45) is 0 Å². The lowest BCUT2D eigenvalue weighted by atomic mass is 10.1. The molecule has 0 bridgehead atoms. The van der Waals surface area contributed by atoms with E-state index in [0.29, 0.717) is 30.0 Å². The minimum Gasteiger partial charge on any atom is -0.465 e. The van der Waals surface area contributed by atoms with Crippen LogP contribution in [-0.4, -0.2) is 61.9 Å². The number of piperidine rings is 1. The monoisotopic (exact) mass is 491 g/mol. The number of esters is 2. The maximum atomic E-state index is 12.7. The predicted molar refractivity (Wildman–Crippen MR) is 124 cm³/mol. The number of amides is 1. The highest BCUT2D eigenvalue weighted by molar-refractivity contribution is 7.89. The summed E-state index contributed by atoms with van der Waals surface area (Å²) >= 11 is 0. The van der Waals surface area contributed by atoms with E-state index in [1.165, 1.54) is 42.6 Å². The number of nitrogens with one attached hydrogen (secondary N) is 2. The summed E-state index contributed by atoms with van der Waals surface area (Å²) in [5, 5.41) is 2.61. The van der Waals surface area contributed by atoms with Crippen molar-refractivity contribution in [3.05, 3.63) is 46.8 Å². The fourth-order valence-electron chi connectivity index (χ4n) is 3.84. The van der Waals surface area contributed by atoms with Crippen LogP contribution in [0.4, 0.5) is 5.69 Å². The molecule has 1 aliphatic rings. The fourth-order valence-corrected chi connectivity index (χ4v) is 5.36. The number of carbonyl (C=O) groups excluding carboxylic acids is 3. The highest BCUT2D eigenvalue weighted by Crippen LogP contribution is 2.23. The Morgan fingerprint density at radius 3 is 2.24 bits per heavy atom. The van der Waals surface area contributed by atoms with Crippen molar-refractivity contribution in [3.8, 4) is 0 Å². The number of anilines is 1. The third-order valence-electron chi connectivity index (χ3n) is 5.76. The molecule has 11 heteroatoms. The Morgan fingerprint density at radius 2 is 1.65 bits per heavy atom. The van der Waals surface area contributed by atoms with E-state index in [1.54, 1.807) is 13.8 Å². The molecule has 0 aliphatic carbocycles. The Balaban J connectivity index is 1.63. The van der Waals surface area contributed by atoms with Crippen molar-refractivity contribution in [2.75, 3.05) is 25.5 Å². The van der Waals surface area contributed by atoms with E-state index < -0.39 is 34.0 Å². The van der Waals surface area contributed by atoms with Gasteiger partial charge in [-0.1, -0.05) is 6.42 Å². The van der Waals surface area contributed by atoms with Gasteiger partial charge < -0.3 is 19.8 Å². The highest BCUT2D eigenvalue weighted by atomic mass is 32.2. The third-order valence-corrected chi connectivity index (χ3v) is 7.67. The number of aryl methyl sites for hydroxylation is 1. The third kappa shape index (κ3) is 5.31. The summed E-state index contributed by atoms with van der Waals surface area (Å²) in [6.07, 6.45) is 1.56. The van der Waals surface area contributed by atoms with Crippen molar-refractivity contribution < 1.29 is 32.3 Å². The molecular formula is C23H29N3O7S. The number of benzene rings is 1.